The lowest BCUT2D eigenvalue weighted by atomic mass is 10.1. The first-order valence-corrected chi connectivity index (χ1v) is 7.31. The zero-order chi connectivity index (χ0) is 15.0. The molecule has 1 rings (SSSR count). The SMILES string of the molecule is CCCCNC(=S)N/N=C(/C)c1ccc(N(C)C)cc1. The second-order valence-electron chi connectivity index (χ2n) is 4.86. The van der Waals surface area contributed by atoms with Crippen LogP contribution in [0.4, 0.5) is 5.69 Å². The van der Waals surface area contributed by atoms with Crippen LogP contribution in [0.3, 0.4) is 0 Å². The highest BCUT2D eigenvalue weighted by atomic mass is 32.1. The third kappa shape index (κ3) is 5.57. The Bertz CT molecular complexity index is 451. The zero-order valence-corrected chi connectivity index (χ0v) is 13.5. The van der Waals surface area contributed by atoms with Gasteiger partial charge < -0.3 is 10.2 Å². The van der Waals surface area contributed by atoms with E-state index in [4.69, 9.17) is 12.2 Å². The van der Waals surface area contributed by atoms with E-state index in [1.54, 1.807) is 0 Å². The third-order valence-electron chi connectivity index (χ3n) is 2.94. The average Bonchev–Trinajstić information content (AvgIpc) is 2.45. The summed E-state index contributed by atoms with van der Waals surface area (Å²) in [5.41, 5.74) is 6.04. The summed E-state index contributed by atoms with van der Waals surface area (Å²) >= 11 is 5.15. The molecule has 110 valence electrons. The first-order valence-electron chi connectivity index (χ1n) is 6.90. The van der Waals surface area contributed by atoms with Crippen LogP contribution in [0.15, 0.2) is 29.4 Å². The molecule has 0 spiro atoms. The molecule has 20 heavy (non-hydrogen) atoms. The topological polar surface area (TPSA) is 39.7 Å². The Labute approximate surface area is 127 Å². The molecule has 0 saturated heterocycles. The van der Waals surface area contributed by atoms with Crippen molar-refractivity contribution in [3.63, 3.8) is 0 Å². The molecule has 0 radical (unpaired) electrons. The maximum Gasteiger partial charge on any atom is 0.186 e. The highest BCUT2D eigenvalue weighted by molar-refractivity contribution is 7.80. The molecule has 0 saturated carbocycles. The molecule has 2 N–H and O–H groups in total. The number of benzene rings is 1. The van der Waals surface area contributed by atoms with Gasteiger partial charge in [0.25, 0.3) is 0 Å². The minimum atomic E-state index is 0.572. The molecule has 0 aliphatic rings. The zero-order valence-electron chi connectivity index (χ0n) is 12.7. The van der Waals surface area contributed by atoms with Crippen LogP contribution >= 0.6 is 12.2 Å². The normalized spacial score (nSPS) is 11.1. The molecule has 0 fully saturated rings. The quantitative estimate of drug-likeness (QED) is 0.366. The molecular formula is C15H24N4S. The van der Waals surface area contributed by atoms with Crippen LogP contribution in [0.5, 0.6) is 0 Å². The van der Waals surface area contributed by atoms with Gasteiger partial charge in [0.1, 0.15) is 0 Å². The lowest BCUT2D eigenvalue weighted by Gasteiger charge is -2.12. The molecule has 0 bridgehead atoms. The van der Waals surface area contributed by atoms with E-state index < -0.39 is 0 Å². The summed E-state index contributed by atoms with van der Waals surface area (Å²) in [6, 6.07) is 8.27. The fraction of sp³-hybridized carbons (Fsp3) is 0.467. The predicted octanol–water partition coefficient (Wildman–Crippen LogP) is 2.74. The van der Waals surface area contributed by atoms with Gasteiger partial charge in [0.15, 0.2) is 5.11 Å². The van der Waals surface area contributed by atoms with Gasteiger partial charge in [-0.3, -0.25) is 5.43 Å². The maximum absolute atomic E-state index is 5.15. The summed E-state index contributed by atoms with van der Waals surface area (Å²) < 4.78 is 0. The molecule has 1 aromatic rings. The molecular weight excluding hydrogens is 268 g/mol. The van der Waals surface area contributed by atoms with E-state index in [0.717, 1.165) is 30.7 Å². The fourth-order valence-corrected chi connectivity index (χ4v) is 1.77. The highest BCUT2D eigenvalue weighted by Crippen LogP contribution is 2.12. The van der Waals surface area contributed by atoms with Crippen LogP contribution in [0.1, 0.15) is 32.3 Å². The Kier molecular flexibility index (Phi) is 7.01. The van der Waals surface area contributed by atoms with E-state index in [-0.39, 0.29) is 0 Å². The summed E-state index contributed by atoms with van der Waals surface area (Å²) in [4.78, 5) is 2.07. The smallest absolute Gasteiger partial charge is 0.186 e. The van der Waals surface area contributed by atoms with Crippen molar-refractivity contribution >= 4 is 28.7 Å². The molecule has 0 atom stereocenters. The summed E-state index contributed by atoms with van der Waals surface area (Å²) in [6.45, 7) is 5.00. The van der Waals surface area contributed by atoms with Crippen molar-refractivity contribution in [1.82, 2.24) is 10.7 Å². The number of nitrogens with one attached hydrogen (secondary N) is 2. The number of hydrogen-bond donors (Lipinski definition) is 2. The Morgan fingerprint density at radius 1 is 1.25 bits per heavy atom. The molecule has 4 nitrogen and oxygen atoms in total. The van der Waals surface area contributed by atoms with Crippen LogP contribution in [0, 0.1) is 0 Å². The minimum absolute atomic E-state index is 0.572. The Hall–Kier alpha value is -1.62. The van der Waals surface area contributed by atoms with Crippen LogP contribution in [-0.4, -0.2) is 31.5 Å². The fourth-order valence-electron chi connectivity index (χ4n) is 1.62. The molecule has 0 aromatic heterocycles. The standard InChI is InChI=1S/C15H24N4S/c1-5-6-11-16-15(20)18-17-12(2)13-7-9-14(10-8-13)19(3)4/h7-10H,5-6,11H2,1-4H3,(H2,16,18,20)/b17-12-. The van der Waals surface area contributed by atoms with E-state index in [1.807, 2.05) is 21.0 Å². The molecule has 0 heterocycles. The van der Waals surface area contributed by atoms with Crippen molar-refractivity contribution in [1.29, 1.82) is 0 Å². The highest BCUT2D eigenvalue weighted by Gasteiger charge is 2.00. The first-order chi connectivity index (χ1) is 9.54. The first kappa shape index (κ1) is 16.4. The van der Waals surface area contributed by atoms with E-state index >= 15 is 0 Å². The number of hydrogen-bond acceptors (Lipinski definition) is 3. The van der Waals surface area contributed by atoms with Crippen molar-refractivity contribution < 1.29 is 0 Å². The van der Waals surface area contributed by atoms with Crippen molar-refractivity contribution in [3.8, 4) is 0 Å². The lowest BCUT2D eigenvalue weighted by molar-refractivity contribution is 0.745. The van der Waals surface area contributed by atoms with Gasteiger partial charge in [-0.1, -0.05) is 25.5 Å². The number of nitrogens with zero attached hydrogens (tertiary/aromatic N) is 2. The minimum Gasteiger partial charge on any atom is -0.378 e. The molecule has 5 heteroatoms. The Balaban J connectivity index is 2.53. The van der Waals surface area contributed by atoms with E-state index in [0.29, 0.717) is 5.11 Å². The van der Waals surface area contributed by atoms with Crippen LogP contribution < -0.4 is 15.6 Å². The van der Waals surface area contributed by atoms with Gasteiger partial charge in [0.2, 0.25) is 0 Å². The van der Waals surface area contributed by atoms with Gasteiger partial charge in [-0.2, -0.15) is 5.10 Å². The maximum atomic E-state index is 5.15. The van der Waals surface area contributed by atoms with Crippen molar-refractivity contribution in [2.75, 3.05) is 25.5 Å². The second-order valence-corrected chi connectivity index (χ2v) is 5.27. The van der Waals surface area contributed by atoms with Gasteiger partial charge in [0, 0.05) is 26.3 Å². The second kappa shape index (κ2) is 8.53. The number of anilines is 1. The van der Waals surface area contributed by atoms with E-state index in [2.05, 4.69) is 51.9 Å². The molecule has 0 amide bonds. The van der Waals surface area contributed by atoms with Crippen molar-refractivity contribution in [3.05, 3.63) is 29.8 Å². The molecule has 0 unspecified atom stereocenters. The molecule has 0 aliphatic heterocycles. The van der Waals surface area contributed by atoms with Crippen LogP contribution in [0.25, 0.3) is 0 Å². The monoisotopic (exact) mass is 292 g/mol. The summed E-state index contributed by atoms with van der Waals surface area (Å²) in [7, 11) is 4.05. The lowest BCUT2D eigenvalue weighted by Crippen LogP contribution is -2.33. The largest absolute Gasteiger partial charge is 0.378 e. The molecule has 0 aliphatic carbocycles. The van der Waals surface area contributed by atoms with Gasteiger partial charge in [-0.15, -0.1) is 0 Å². The average molecular weight is 292 g/mol. The van der Waals surface area contributed by atoms with Crippen molar-refractivity contribution in [2.24, 2.45) is 5.10 Å². The summed E-state index contributed by atoms with van der Waals surface area (Å²) in [5.74, 6) is 0. The van der Waals surface area contributed by atoms with E-state index in [1.165, 1.54) is 5.69 Å². The number of rotatable bonds is 6. The van der Waals surface area contributed by atoms with Gasteiger partial charge >= 0.3 is 0 Å². The van der Waals surface area contributed by atoms with Gasteiger partial charge in [0.05, 0.1) is 5.71 Å². The predicted molar refractivity (Wildman–Crippen MR) is 91.6 cm³/mol. The summed E-state index contributed by atoms with van der Waals surface area (Å²) in [6.07, 6.45) is 2.26. The van der Waals surface area contributed by atoms with E-state index in [9.17, 15) is 0 Å². The Morgan fingerprint density at radius 3 is 2.45 bits per heavy atom. The van der Waals surface area contributed by atoms with Gasteiger partial charge in [-0.25, -0.2) is 0 Å². The van der Waals surface area contributed by atoms with Gasteiger partial charge in [-0.05, 0) is 43.3 Å². The van der Waals surface area contributed by atoms with Crippen molar-refractivity contribution in [2.45, 2.75) is 26.7 Å². The number of unbranched alkanes of at least 4 members (excludes halogenated alkanes) is 1. The third-order valence-corrected chi connectivity index (χ3v) is 3.18. The van der Waals surface area contributed by atoms with Crippen LogP contribution in [-0.2, 0) is 0 Å². The van der Waals surface area contributed by atoms with Crippen LogP contribution in [0.2, 0.25) is 0 Å². The number of thiocarbonyl (C=S) groups is 1. The summed E-state index contributed by atoms with van der Waals surface area (Å²) in [5, 5.41) is 7.99. The Morgan fingerprint density at radius 2 is 1.90 bits per heavy atom. The number of hydrazone groups is 1. The molecule has 1 aromatic carbocycles.